The van der Waals surface area contributed by atoms with Crippen LogP contribution in [0.25, 0.3) is 0 Å². The van der Waals surface area contributed by atoms with Crippen LogP contribution in [0.1, 0.15) is 27.4 Å². The number of hydrogen-bond donors (Lipinski definition) is 1. The van der Waals surface area contributed by atoms with Gasteiger partial charge in [-0.05, 0) is 43.3 Å². The minimum Gasteiger partial charge on any atom is -0.489 e. The lowest BCUT2D eigenvalue weighted by atomic mass is 10.2. The summed E-state index contributed by atoms with van der Waals surface area (Å²) < 4.78 is 62.0. The summed E-state index contributed by atoms with van der Waals surface area (Å²) in [7, 11) is 0. The Balaban J connectivity index is 1.75. The maximum absolute atomic E-state index is 13.2. The molecule has 9 heteroatoms. The zero-order valence-corrected chi connectivity index (χ0v) is 14.5. The standard InChI is InChI=1S/C19H14F4N2O3/c1-11-16(10-27-15-7-2-4-12(8-15)19(21,22)23)17(25-28-11)18(26)24-14-6-3-5-13(20)9-14/h2-9H,10H2,1H3,(H,24,26). The summed E-state index contributed by atoms with van der Waals surface area (Å²) in [5, 5.41) is 6.14. The van der Waals surface area contributed by atoms with Crippen LogP contribution in [0.3, 0.4) is 0 Å². The van der Waals surface area contributed by atoms with Gasteiger partial charge in [-0.25, -0.2) is 4.39 Å². The average Bonchev–Trinajstić information content (AvgIpc) is 3.00. The number of hydrogen-bond acceptors (Lipinski definition) is 4. The minimum absolute atomic E-state index is 0.0214. The molecule has 3 rings (SSSR count). The van der Waals surface area contributed by atoms with E-state index in [1.165, 1.54) is 37.3 Å². The van der Waals surface area contributed by atoms with Crippen LogP contribution in [0.4, 0.5) is 23.2 Å². The Bertz CT molecular complexity index is 999. The van der Waals surface area contributed by atoms with Gasteiger partial charge in [0.1, 0.15) is 23.9 Å². The first kappa shape index (κ1) is 19.4. The van der Waals surface area contributed by atoms with Crippen molar-refractivity contribution in [1.82, 2.24) is 5.16 Å². The normalized spacial score (nSPS) is 11.3. The Morgan fingerprint density at radius 2 is 1.93 bits per heavy atom. The van der Waals surface area contributed by atoms with E-state index in [4.69, 9.17) is 9.26 Å². The van der Waals surface area contributed by atoms with Crippen LogP contribution >= 0.6 is 0 Å². The molecule has 1 amide bonds. The molecular weight excluding hydrogens is 380 g/mol. The van der Waals surface area contributed by atoms with E-state index in [1.54, 1.807) is 0 Å². The smallest absolute Gasteiger partial charge is 0.416 e. The monoisotopic (exact) mass is 394 g/mol. The highest BCUT2D eigenvalue weighted by molar-refractivity contribution is 6.03. The Labute approximate surface area is 156 Å². The molecule has 0 saturated heterocycles. The van der Waals surface area contributed by atoms with E-state index in [0.29, 0.717) is 0 Å². The van der Waals surface area contributed by atoms with Crippen molar-refractivity contribution >= 4 is 11.6 Å². The third kappa shape index (κ3) is 4.48. The van der Waals surface area contributed by atoms with E-state index in [2.05, 4.69) is 10.5 Å². The molecule has 0 aliphatic heterocycles. The fraction of sp³-hybridized carbons (Fsp3) is 0.158. The Morgan fingerprint density at radius 1 is 1.18 bits per heavy atom. The quantitative estimate of drug-likeness (QED) is 0.621. The van der Waals surface area contributed by atoms with Crippen LogP contribution in [0, 0.1) is 12.7 Å². The van der Waals surface area contributed by atoms with Crippen LogP contribution in [0.2, 0.25) is 0 Å². The van der Waals surface area contributed by atoms with Crippen molar-refractivity contribution in [3.05, 3.63) is 76.9 Å². The summed E-state index contributed by atoms with van der Waals surface area (Å²) in [6.45, 7) is 1.30. The Morgan fingerprint density at radius 3 is 2.64 bits per heavy atom. The topological polar surface area (TPSA) is 64.4 Å². The van der Waals surface area contributed by atoms with Gasteiger partial charge in [0.05, 0.1) is 11.1 Å². The second-order valence-corrected chi connectivity index (χ2v) is 5.84. The second kappa shape index (κ2) is 7.71. The highest BCUT2D eigenvalue weighted by Crippen LogP contribution is 2.31. The first-order valence-electron chi connectivity index (χ1n) is 8.06. The number of halogens is 4. The summed E-state index contributed by atoms with van der Waals surface area (Å²) in [5.74, 6) is -0.935. The van der Waals surface area contributed by atoms with Gasteiger partial charge >= 0.3 is 6.18 Å². The van der Waals surface area contributed by atoms with Gasteiger partial charge in [-0.1, -0.05) is 17.3 Å². The van der Waals surface area contributed by atoms with E-state index < -0.39 is 23.5 Å². The lowest BCUT2D eigenvalue weighted by Crippen LogP contribution is -2.15. The molecule has 0 aliphatic rings. The van der Waals surface area contributed by atoms with Crippen molar-refractivity contribution in [3.8, 4) is 5.75 Å². The molecule has 0 spiro atoms. The zero-order chi connectivity index (χ0) is 20.3. The number of aryl methyl sites for hydroxylation is 1. The van der Waals surface area contributed by atoms with Crippen molar-refractivity contribution in [1.29, 1.82) is 0 Å². The number of carbonyl (C=O) groups excluding carboxylic acids is 1. The number of amides is 1. The molecule has 0 atom stereocenters. The van der Waals surface area contributed by atoms with Gasteiger partial charge in [0, 0.05) is 5.69 Å². The molecule has 28 heavy (non-hydrogen) atoms. The molecule has 0 unspecified atom stereocenters. The molecule has 0 saturated carbocycles. The SMILES string of the molecule is Cc1onc(C(=O)Nc2cccc(F)c2)c1COc1cccc(C(F)(F)F)c1. The molecule has 0 fully saturated rings. The van der Waals surface area contributed by atoms with Gasteiger partial charge in [0.2, 0.25) is 0 Å². The summed E-state index contributed by atoms with van der Waals surface area (Å²) in [5.41, 5.74) is -0.466. The van der Waals surface area contributed by atoms with Crippen LogP contribution in [-0.4, -0.2) is 11.1 Å². The van der Waals surface area contributed by atoms with Gasteiger partial charge in [-0.15, -0.1) is 0 Å². The van der Waals surface area contributed by atoms with E-state index >= 15 is 0 Å². The van der Waals surface area contributed by atoms with Crippen LogP contribution in [-0.2, 0) is 12.8 Å². The van der Waals surface area contributed by atoms with E-state index in [1.807, 2.05) is 0 Å². The molecule has 146 valence electrons. The lowest BCUT2D eigenvalue weighted by Gasteiger charge is -2.10. The molecule has 1 heterocycles. The van der Waals surface area contributed by atoms with E-state index in [-0.39, 0.29) is 35.1 Å². The largest absolute Gasteiger partial charge is 0.489 e. The first-order valence-corrected chi connectivity index (χ1v) is 8.06. The van der Waals surface area contributed by atoms with Gasteiger partial charge in [0.15, 0.2) is 5.69 Å². The lowest BCUT2D eigenvalue weighted by molar-refractivity contribution is -0.137. The van der Waals surface area contributed by atoms with Crippen LogP contribution in [0.5, 0.6) is 5.75 Å². The van der Waals surface area contributed by atoms with Crippen LogP contribution < -0.4 is 10.1 Å². The Kier molecular flexibility index (Phi) is 5.34. The Hall–Kier alpha value is -3.36. The molecule has 0 bridgehead atoms. The fourth-order valence-corrected chi connectivity index (χ4v) is 2.41. The molecule has 1 N–H and O–H groups in total. The number of alkyl halides is 3. The van der Waals surface area contributed by atoms with Crippen molar-refractivity contribution in [3.63, 3.8) is 0 Å². The van der Waals surface area contributed by atoms with Crippen molar-refractivity contribution in [2.75, 3.05) is 5.32 Å². The number of carbonyl (C=O) groups is 1. The molecular formula is C19H14F4N2O3. The zero-order valence-electron chi connectivity index (χ0n) is 14.5. The third-order valence-electron chi connectivity index (χ3n) is 3.83. The van der Waals surface area contributed by atoms with E-state index in [9.17, 15) is 22.4 Å². The summed E-state index contributed by atoms with van der Waals surface area (Å²) >= 11 is 0. The van der Waals surface area contributed by atoms with Crippen LogP contribution in [0.15, 0.2) is 53.1 Å². The number of nitrogens with zero attached hydrogens (tertiary/aromatic N) is 1. The highest BCUT2D eigenvalue weighted by atomic mass is 19.4. The number of anilines is 1. The molecule has 0 aliphatic carbocycles. The average molecular weight is 394 g/mol. The maximum atomic E-state index is 13.2. The fourth-order valence-electron chi connectivity index (χ4n) is 2.41. The van der Waals surface area contributed by atoms with Gasteiger partial charge < -0.3 is 14.6 Å². The number of benzene rings is 2. The molecule has 0 radical (unpaired) electrons. The summed E-state index contributed by atoms with van der Waals surface area (Å²) in [6.07, 6.45) is -4.50. The van der Waals surface area contributed by atoms with Gasteiger partial charge in [-0.2, -0.15) is 13.2 Å². The highest BCUT2D eigenvalue weighted by Gasteiger charge is 2.30. The third-order valence-corrected chi connectivity index (χ3v) is 3.83. The number of aromatic nitrogens is 1. The van der Waals surface area contributed by atoms with Crippen molar-refractivity contribution < 1.29 is 31.6 Å². The number of nitrogens with one attached hydrogen (secondary N) is 1. The summed E-state index contributed by atoms with van der Waals surface area (Å²) in [6, 6.07) is 9.64. The number of rotatable bonds is 5. The van der Waals surface area contributed by atoms with Gasteiger partial charge in [0.25, 0.3) is 5.91 Å². The first-order chi connectivity index (χ1) is 13.2. The predicted octanol–water partition coefficient (Wildman–Crippen LogP) is 4.97. The predicted molar refractivity (Wildman–Crippen MR) is 91.4 cm³/mol. The van der Waals surface area contributed by atoms with Crippen molar-refractivity contribution in [2.24, 2.45) is 0 Å². The number of ether oxygens (including phenoxy) is 1. The van der Waals surface area contributed by atoms with E-state index in [0.717, 1.165) is 18.2 Å². The maximum Gasteiger partial charge on any atom is 0.416 e. The molecule has 2 aromatic carbocycles. The van der Waals surface area contributed by atoms with Crippen molar-refractivity contribution in [2.45, 2.75) is 19.7 Å². The molecule has 3 aromatic rings. The molecule has 5 nitrogen and oxygen atoms in total. The minimum atomic E-state index is -4.50. The summed E-state index contributed by atoms with van der Waals surface area (Å²) in [4.78, 5) is 12.4. The molecule has 1 aromatic heterocycles. The second-order valence-electron chi connectivity index (χ2n) is 5.84. The van der Waals surface area contributed by atoms with Gasteiger partial charge in [-0.3, -0.25) is 4.79 Å².